The van der Waals surface area contributed by atoms with Crippen LogP contribution in [-0.4, -0.2) is 20.6 Å². The minimum atomic E-state index is -4.62. The molecule has 1 aromatic carbocycles. The van der Waals surface area contributed by atoms with Crippen LogP contribution < -0.4 is 0 Å². The summed E-state index contributed by atoms with van der Waals surface area (Å²) in [7, 11) is 0. The van der Waals surface area contributed by atoms with E-state index in [4.69, 9.17) is 11.6 Å². The first-order valence-electron chi connectivity index (χ1n) is 6.80. The van der Waals surface area contributed by atoms with E-state index in [9.17, 15) is 23.1 Å². The van der Waals surface area contributed by atoms with Gasteiger partial charge >= 0.3 is 12.1 Å². The lowest BCUT2D eigenvalue weighted by Crippen LogP contribution is -2.10. The van der Waals surface area contributed by atoms with Crippen molar-refractivity contribution in [2.45, 2.75) is 12.7 Å². The summed E-state index contributed by atoms with van der Waals surface area (Å²) in [5, 5.41) is 9.79. The van der Waals surface area contributed by atoms with Gasteiger partial charge in [0, 0.05) is 11.6 Å². The summed E-state index contributed by atoms with van der Waals surface area (Å²) >= 11 is 5.82. The van der Waals surface area contributed by atoms with Crippen molar-refractivity contribution in [2.75, 3.05) is 0 Å². The molecule has 2 aromatic heterocycles. The van der Waals surface area contributed by atoms with Gasteiger partial charge in [-0.05, 0) is 30.3 Å². The largest absolute Gasteiger partial charge is 0.478 e. The van der Waals surface area contributed by atoms with Crippen LogP contribution in [0.25, 0.3) is 10.9 Å². The summed E-state index contributed by atoms with van der Waals surface area (Å²) in [5.74, 6) is -1.43. The molecule has 0 aliphatic rings. The third-order valence-electron chi connectivity index (χ3n) is 3.52. The molecule has 0 atom stereocenters. The van der Waals surface area contributed by atoms with E-state index >= 15 is 0 Å². The van der Waals surface area contributed by atoms with Gasteiger partial charge in [-0.3, -0.25) is 0 Å². The molecule has 0 radical (unpaired) electrons. The predicted molar refractivity (Wildman–Crippen MR) is 82.2 cm³/mol. The topological polar surface area (TPSA) is 55.1 Å². The summed E-state index contributed by atoms with van der Waals surface area (Å²) in [6.45, 7) is 0.190. The second-order valence-electron chi connectivity index (χ2n) is 5.16. The van der Waals surface area contributed by atoms with E-state index in [0.717, 1.165) is 6.07 Å². The monoisotopic (exact) mass is 354 g/mol. The van der Waals surface area contributed by atoms with Crippen molar-refractivity contribution in [1.82, 2.24) is 9.55 Å². The fraction of sp³-hybridized carbons (Fsp3) is 0.125. The number of carboxylic acids is 1. The lowest BCUT2D eigenvalue weighted by Gasteiger charge is -2.11. The lowest BCUT2D eigenvalue weighted by molar-refractivity contribution is -0.137. The number of alkyl halides is 3. The average Bonchev–Trinajstić information content (AvgIpc) is 2.88. The van der Waals surface area contributed by atoms with E-state index < -0.39 is 23.3 Å². The summed E-state index contributed by atoms with van der Waals surface area (Å²) in [4.78, 5) is 15.5. The molecular weight excluding hydrogens is 345 g/mol. The van der Waals surface area contributed by atoms with E-state index in [1.807, 2.05) is 0 Å². The van der Waals surface area contributed by atoms with Crippen LogP contribution in [-0.2, 0) is 12.7 Å². The number of benzene rings is 1. The molecule has 0 spiro atoms. The molecule has 3 rings (SSSR count). The molecule has 3 aromatic rings. The molecule has 0 aliphatic carbocycles. The summed E-state index contributed by atoms with van der Waals surface area (Å²) < 4.78 is 40.3. The number of carboxylic acid groups (broad SMARTS) is 1. The van der Waals surface area contributed by atoms with Crippen LogP contribution in [0.3, 0.4) is 0 Å². The number of rotatable bonds is 3. The zero-order chi connectivity index (χ0) is 17.5. The fourth-order valence-electron chi connectivity index (χ4n) is 2.52. The molecule has 24 heavy (non-hydrogen) atoms. The highest BCUT2D eigenvalue weighted by atomic mass is 35.5. The molecule has 0 bridgehead atoms. The average molecular weight is 355 g/mol. The van der Waals surface area contributed by atoms with E-state index in [0.29, 0.717) is 11.8 Å². The number of halogens is 4. The normalized spacial score (nSPS) is 11.8. The predicted octanol–water partition coefficient (Wildman–Crippen LogP) is 4.46. The Labute approximate surface area is 139 Å². The van der Waals surface area contributed by atoms with Crippen molar-refractivity contribution in [3.63, 3.8) is 0 Å². The SMILES string of the molecule is O=C(O)c1cc(C(F)(F)F)cc2ccn(Cc3cccc(Cl)n3)c12. The number of aromatic carboxylic acids is 1. The molecule has 0 saturated carbocycles. The van der Waals surface area contributed by atoms with E-state index in [1.54, 1.807) is 18.2 Å². The third kappa shape index (κ3) is 3.07. The molecule has 1 N–H and O–H groups in total. The molecule has 4 nitrogen and oxygen atoms in total. The second kappa shape index (κ2) is 5.83. The van der Waals surface area contributed by atoms with Gasteiger partial charge in [0.05, 0.1) is 28.9 Å². The lowest BCUT2D eigenvalue weighted by atomic mass is 10.1. The Morgan fingerprint density at radius 2 is 2.00 bits per heavy atom. The first kappa shape index (κ1) is 16.3. The number of carbonyl (C=O) groups is 1. The number of hydrogen-bond acceptors (Lipinski definition) is 2. The van der Waals surface area contributed by atoms with Gasteiger partial charge < -0.3 is 9.67 Å². The van der Waals surface area contributed by atoms with Gasteiger partial charge in [0.2, 0.25) is 0 Å². The van der Waals surface area contributed by atoms with Crippen LogP contribution in [0.1, 0.15) is 21.6 Å². The van der Waals surface area contributed by atoms with Gasteiger partial charge in [-0.1, -0.05) is 17.7 Å². The van der Waals surface area contributed by atoms with Crippen LogP contribution in [0, 0.1) is 0 Å². The molecule has 0 amide bonds. The van der Waals surface area contributed by atoms with E-state index in [-0.39, 0.29) is 22.6 Å². The highest BCUT2D eigenvalue weighted by Crippen LogP contribution is 2.34. The van der Waals surface area contributed by atoms with Crippen molar-refractivity contribution < 1.29 is 23.1 Å². The number of aromatic nitrogens is 2. The van der Waals surface area contributed by atoms with Gasteiger partial charge in [-0.25, -0.2) is 9.78 Å². The number of nitrogens with zero attached hydrogens (tertiary/aromatic N) is 2. The maximum Gasteiger partial charge on any atom is 0.416 e. The van der Waals surface area contributed by atoms with Gasteiger partial charge in [-0.15, -0.1) is 0 Å². The van der Waals surface area contributed by atoms with Crippen molar-refractivity contribution in [3.8, 4) is 0 Å². The maximum atomic E-state index is 12.9. The number of hydrogen-bond donors (Lipinski definition) is 1. The van der Waals surface area contributed by atoms with Gasteiger partial charge in [0.1, 0.15) is 5.15 Å². The minimum Gasteiger partial charge on any atom is -0.478 e. The van der Waals surface area contributed by atoms with Gasteiger partial charge in [0.15, 0.2) is 0 Å². The van der Waals surface area contributed by atoms with E-state index in [1.165, 1.54) is 16.8 Å². The number of fused-ring (bicyclic) bond motifs is 1. The molecule has 0 aliphatic heterocycles. The quantitative estimate of drug-likeness (QED) is 0.707. The zero-order valence-electron chi connectivity index (χ0n) is 12.0. The molecule has 0 saturated heterocycles. The van der Waals surface area contributed by atoms with E-state index in [2.05, 4.69) is 4.98 Å². The molecule has 0 unspecified atom stereocenters. The van der Waals surface area contributed by atoms with Crippen molar-refractivity contribution in [3.05, 3.63) is 64.6 Å². The van der Waals surface area contributed by atoms with Crippen LogP contribution in [0.5, 0.6) is 0 Å². The van der Waals surface area contributed by atoms with Crippen LogP contribution >= 0.6 is 11.6 Å². The van der Waals surface area contributed by atoms with Crippen molar-refractivity contribution in [1.29, 1.82) is 0 Å². The first-order chi connectivity index (χ1) is 11.3. The molecule has 0 fully saturated rings. The summed E-state index contributed by atoms with van der Waals surface area (Å²) in [6, 6.07) is 8.01. The Morgan fingerprint density at radius 1 is 1.25 bits per heavy atom. The molecule has 8 heteroatoms. The molecule has 124 valence electrons. The fourth-order valence-corrected chi connectivity index (χ4v) is 2.70. The van der Waals surface area contributed by atoms with Crippen LogP contribution in [0.2, 0.25) is 5.15 Å². The van der Waals surface area contributed by atoms with Gasteiger partial charge in [0.25, 0.3) is 0 Å². The molecular formula is C16H10ClF3N2O2. The second-order valence-corrected chi connectivity index (χ2v) is 5.55. The highest BCUT2D eigenvalue weighted by molar-refractivity contribution is 6.29. The minimum absolute atomic E-state index is 0.190. The summed E-state index contributed by atoms with van der Waals surface area (Å²) in [6.07, 6.45) is -3.09. The Morgan fingerprint density at radius 3 is 2.62 bits per heavy atom. The third-order valence-corrected chi connectivity index (χ3v) is 3.73. The maximum absolute atomic E-state index is 12.9. The van der Waals surface area contributed by atoms with Crippen molar-refractivity contribution in [2.24, 2.45) is 0 Å². The van der Waals surface area contributed by atoms with Crippen LogP contribution in [0.4, 0.5) is 13.2 Å². The Balaban J connectivity index is 2.15. The Kier molecular flexibility index (Phi) is 3.96. The first-order valence-corrected chi connectivity index (χ1v) is 7.18. The molecule has 2 heterocycles. The highest BCUT2D eigenvalue weighted by Gasteiger charge is 2.32. The standard InChI is InChI=1S/C16H10ClF3N2O2/c17-13-3-1-2-11(21-13)8-22-5-4-9-6-10(16(18,19)20)7-12(14(9)22)15(23)24/h1-7H,8H2,(H,23,24). The Hall–Kier alpha value is -2.54. The van der Waals surface area contributed by atoms with Crippen LogP contribution in [0.15, 0.2) is 42.6 Å². The number of pyridine rings is 1. The Bertz CT molecular complexity index is 935. The van der Waals surface area contributed by atoms with Gasteiger partial charge in [-0.2, -0.15) is 13.2 Å². The smallest absolute Gasteiger partial charge is 0.416 e. The summed E-state index contributed by atoms with van der Waals surface area (Å²) in [5.41, 5.74) is -0.633. The zero-order valence-corrected chi connectivity index (χ0v) is 12.8. The van der Waals surface area contributed by atoms with Crippen molar-refractivity contribution >= 4 is 28.5 Å².